The fourth-order valence-electron chi connectivity index (χ4n) is 1.97. The van der Waals surface area contributed by atoms with E-state index >= 15 is 0 Å². The van der Waals surface area contributed by atoms with Crippen molar-refractivity contribution in [1.82, 2.24) is 14.5 Å². The van der Waals surface area contributed by atoms with Crippen LogP contribution in [-0.2, 0) is 23.0 Å². The van der Waals surface area contributed by atoms with E-state index in [1.807, 2.05) is 13.1 Å². The van der Waals surface area contributed by atoms with Crippen LogP contribution >= 0.6 is 0 Å². The molecule has 0 aliphatic heterocycles. The van der Waals surface area contributed by atoms with Crippen molar-refractivity contribution in [1.29, 1.82) is 0 Å². The van der Waals surface area contributed by atoms with E-state index in [-0.39, 0.29) is 4.90 Å². The molecule has 21 heavy (non-hydrogen) atoms. The Balaban J connectivity index is 1.94. The lowest BCUT2D eigenvalue weighted by molar-refractivity contribution is 0.561. The Kier molecular flexibility index (Phi) is 5.11. The number of nitrogens with zero attached hydrogens (tertiary/aromatic N) is 2. The first-order chi connectivity index (χ1) is 10.0. The highest BCUT2D eigenvalue weighted by atomic mass is 32.2. The van der Waals surface area contributed by atoms with E-state index in [9.17, 15) is 8.42 Å². The number of benzene rings is 1. The molecule has 1 aromatic carbocycles. The Hall–Kier alpha value is -1.70. The van der Waals surface area contributed by atoms with Gasteiger partial charge in [-0.15, -0.1) is 0 Å². The maximum absolute atomic E-state index is 12.1. The summed E-state index contributed by atoms with van der Waals surface area (Å²) in [5.41, 5.74) is 7.55. The average molecular weight is 308 g/mol. The molecule has 0 saturated heterocycles. The second-order valence-corrected chi connectivity index (χ2v) is 6.63. The summed E-state index contributed by atoms with van der Waals surface area (Å²) in [5, 5.41) is 4.11. The van der Waals surface area contributed by atoms with Gasteiger partial charge in [0, 0.05) is 12.7 Å². The zero-order valence-electron chi connectivity index (χ0n) is 12.0. The van der Waals surface area contributed by atoms with Gasteiger partial charge in [0.2, 0.25) is 10.0 Å². The number of nitrogens with two attached hydrogens (primary N) is 1. The molecular formula is C14H20N4O2S. The Morgan fingerprint density at radius 3 is 2.57 bits per heavy atom. The van der Waals surface area contributed by atoms with Crippen LogP contribution in [0.1, 0.15) is 11.1 Å². The zero-order valence-corrected chi connectivity index (χ0v) is 12.8. The number of hydrogen-bond donors (Lipinski definition) is 2. The van der Waals surface area contributed by atoms with Crippen LogP contribution in [0.4, 0.5) is 0 Å². The molecule has 1 aromatic heterocycles. The fourth-order valence-corrected chi connectivity index (χ4v) is 2.99. The second-order valence-electron chi connectivity index (χ2n) is 4.86. The molecule has 0 spiro atoms. The predicted octanol–water partition coefficient (Wildman–Crippen LogP) is 0.671. The molecule has 7 heteroatoms. The summed E-state index contributed by atoms with van der Waals surface area (Å²) in [6.45, 7) is 3.29. The number of aromatic nitrogens is 2. The van der Waals surface area contributed by atoms with Gasteiger partial charge in [-0.1, -0.05) is 12.1 Å². The molecule has 0 radical (unpaired) electrons. The van der Waals surface area contributed by atoms with Crippen molar-refractivity contribution in [2.75, 3.05) is 13.1 Å². The normalized spacial score (nSPS) is 11.7. The minimum Gasteiger partial charge on any atom is -0.330 e. The number of sulfonamides is 1. The van der Waals surface area contributed by atoms with Crippen molar-refractivity contribution < 1.29 is 8.42 Å². The van der Waals surface area contributed by atoms with Gasteiger partial charge in [0.25, 0.3) is 0 Å². The SMILES string of the molecule is Cc1cnn(CCNS(=O)(=O)c2ccc(CCN)cc2)c1. The summed E-state index contributed by atoms with van der Waals surface area (Å²) >= 11 is 0. The molecular weight excluding hydrogens is 288 g/mol. The summed E-state index contributed by atoms with van der Waals surface area (Å²) in [6, 6.07) is 6.79. The van der Waals surface area contributed by atoms with Gasteiger partial charge >= 0.3 is 0 Å². The maximum Gasteiger partial charge on any atom is 0.240 e. The Morgan fingerprint density at radius 2 is 2.00 bits per heavy atom. The van der Waals surface area contributed by atoms with Crippen LogP contribution in [-0.4, -0.2) is 31.3 Å². The number of rotatable bonds is 7. The average Bonchev–Trinajstić information content (AvgIpc) is 2.85. The predicted molar refractivity (Wildman–Crippen MR) is 81.4 cm³/mol. The summed E-state index contributed by atoms with van der Waals surface area (Å²) in [7, 11) is -3.48. The van der Waals surface area contributed by atoms with Gasteiger partial charge in [-0.3, -0.25) is 4.68 Å². The maximum atomic E-state index is 12.1. The summed E-state index contributed by atoms with van der Waals surface area (Å²) < 4.78 is 28.5. The molecule has 0 aliphatic carbocycles. The van der Waals surface area contributed by atoms with Crippen LogP contribution < -0.4 is 10.5 Å². The Morgan fingerprint density at radius 1 is 1.29 bits per heavy atom. The minimum atomic E-state index is -3.48. The summed E-state index contributed by atoms with van der Waals surface area (Å²) in [5.74, 6) is 0. The van der Waals surface area contributed by atoms with Gasteiger partial charge in [-0.05, 0) is 43.1 Å². The molecule has 3 N–H and O–H groups in total. The largest absolute Gasteiger partial charge is 0.330 e. The summed E-state index contributed by atoms with van der Waals surface area (Å²) in [4.78, 5) is 0.264. The highest BCUT2D eigenvalue weighted by Gasteiger charge is 2.13. The molecule has 0 unspecified atom stereocenters. The molecule has 1 heterocycles. The van der Waals surface area contributed by atoms with Gasteiger partial charge in [0.15, 0.2) is 0 Å². The van der Waals surface area contributed by atoms with Gasteiger partial charge in [-0.2, -0.15) is 5.10 Å². The molecule has 0 fully saturated rings. The van der Waals surface area contributed by atoms with E-state index in [1.165, 1.54) is 0 Å². The second kappa shape index (κ2) is 6.84. The molecule has 0 bridgehead atoms. The first-order valence-electron chi connectivity index (χ1n) is 6.79. The molecule has 0 atom stereocenters. The van der Waals surface area contributed by atoms with Crippen molar-refractivity contribution in [3.8, 4) is 0 Å². The van der Waals surface area contributed by atoms with Gasteiger partial charge < -0.3 is 5.73 Å². The van der Waals surface area contributed by atoms with Crippen molar-refractivity contribution in [2.24, 2.45) is 5.73 Å². The lowest BCUT2D eigenvalue weighted by atomic mass is 10.2. The molecule has 0 aliphatic rings. The van der Waals surface area contributed by atoms with Crippen molar-refractivity contribution in [2.45, 2.75) is 24.8 Å². The van der Waals surface area contributed by atoms with Crippen molar-refractivity contribution in [3.63, 3.8) is 0 Å². The number of aryl methyl sites for hydroxylation is 1. The number of nitrogens with one attached hydrogen (secondary N) is 1. The van der Waals surface area contributed by atoms with E-state index < -0.39 is 10.0 Å². The van der Waals surface area contributed by atoms with E-state index in [0.29, 0.717) is 19.6 Å². The molecule has 114 valence electrons. The van der Waals surface area contributed by atoms with Crippen molar-refractivity contribution in [3.05, 3.63) is 47.8 Å². The molecule has 0 saturated carbocycles. The standard InChI is InChI=1S/C14H20N4O2S/c1-12-10-16-18(11-12)9-8-17-21(19,20)14-4-2-13(3-5-14)6-7-15/h2-5,10-11,17H,6-9,15H2,1H3. The van der Waals surface area contributed by atoms with Crippen LogP contribution in [0.3, 0.4) is 0 Å². The van der Waals surface area contributed by atoms with Crippen LogP contribution in [0.25, 0.3) is 0 Å². The third-order valence-electron chi connectivity index (χ3n) is 3.06. The Bertz CT molecular complexity index is 677. The molecule has 2 aromatic rings. The van der Waals surface area contributed by atoms with Gasteiger partial charge in [-0.25, -0.2) is 13.1 Å². The minimum absolute atomic E-state index is 0.264. The monoisotopic (exact) mass is 308 g/mol. The smallest absolute Gasteiger partial charge is 0.240 e. The highest BCUT2D eigenvalue weighted by molar-refractivity contribution is 7.89. The van der Waals surface area contributed by atoms with E-state index in [2.05, 4.69) is 9.82 Å². The lowest BCUT2D eigenvalue weighted by Gasteiger charge is -2.07. The molecule has 0 amide bonds. The topological polar surface area (TPSA) is 90.0 Å². The van der Waals surface area contributed by atoms with E-state index in [4.69, 9.17) is 5.73 Å². The quantitative estimate of drug-likeness (QED) is 0.786. The summed E-state index contributed by atoms with van der Waals surface area (Å²) in [6.07, 6.45) is 4.35. The van der Waals surface area contributed by atoms with Crippen LogP contribution in [0.5, 0.6) is 0 Å². The third kappa shape index (κ3) is 4.38. The van der Waals surface area contributed by atoms with E-state index in [0.717, 1.165) is 17.5 Å². The zero-order chi connectivity index (χ0) is 15.3. The highest BCUT2D eigenvalue weighted by Crippen LogP contribution is 2.10. The first-order valence-corrected chi connectivity index (χ1v) is 8.27. The van der Waals surface area contributed by atoms with Crippen LogP contribution in [0.15, 0.2) is 41.6 Å². The van der Waals surface area contributed by atoms with Gasteiger partial charge in [0.1, 0.15) is 0 Å². The van der Waals surface area contributed by atoms with Crippen LogP contribution in [0, 0.1) is 6.92 Å². The molecule has 6 nitrogen and oxygen atoms in total. The number of hydrogen-bond acceptors (Lipinski definition) is 4. The Labute approximate surface area is 125 Å². The molecule has 2 rings (SSSR count). The van der Waals surface area contributed by atoms with Crippen molar-refractivity contribution >= 4 is 10.0 Å². The fraction of sp³-hybridized carbons (Fsp3) is 0.357. The van der Waals surface area contributed by atoms with Gasteiger partial charge in [0.05, 0.1) is 17.6 Å². The van der Waals surface area contributed by atoms with Crippen LogP contribution in [0.2, 0.25) is 0 Å². The first kappa shape index (κ1) is 15.7. The third-order valence-corrected chi connectivity index (χ3v) is 4.54. The lowest BCUT2D eigenvalue weighted by Crippen LogP contribution is -2.27. The van der Waals surface area contributed by atoms with E-state index in [1.54, 1.807) is 35.1 Å².